The topological polar surface area (TPSA) is 35.5 Å². The van der Waals surface area contributed by atoms with Crippen LogP contribution in [0.1, 0.15) is 21.5 Å². The van der Waals surface area contributed by atoms with E-state index >= 15 is 0 Å². The Bertz CT molecular complexity index is 560. The summed E-state index contributed by atoms with van der Waals surface area (Å²) in [5.41, 5.74) is 0. The van der Waals surface area contributed by atoms with Gasteiger partial charge in [-0.15, -0.1) is 11.3 Å². The van der Waals surface area contributed by atoms with Crippen LogP contribution in [0.5, 0.6) is 11.5 Å². The molecule has 2 rings (SSSR count). The Balaban J connectivity index is 2.00. The lowest BCUT2D eigenvalue weighted by Crippen LogP contribution is -2.10. The molecule has 0 bridgehead atoms. The third-order valence-corrected chi connectivity index (χ3v) is 3.98. The zero-order chi connectivity index (χ0) is 13.7. The van der Waals surface area contributed by atoms with E-state index in [1.54, 1.807) is 19.2 Å². The summed E-state index contributed by atoms with van der Waals surface area (Å²) in [7, 11) is 1.58. The Kier molecular flexibility index (Phi) is 4.58. The van der Waals surface area contributed by atoms with Crippen LogP contribution >= 0.6 is 11.3 Å². The SMILES string of the molecule is CCc1ccc(C(=O)COc2ccccc2OC)s1. The van der Waals surface area contributed by atoms with Crippen LogP contribution in [-0.4, -0.2) is 19.5 Å². The molecule has 4 heteroatoms. The summed E-state index contributed by atoms with van der Waals surface area (Å²) < 4.78 is 10.7. The van der Waals surface area contributed by atoms with Crippen molar-refractivity contribution in [2.24, 2.45) is 0 Å². The Hall–Kier alpha value is -1.81. The largest absolute Gasteiger partial charge is 0.493 e. The number of para-hydroxylation sites is 2. The zero-order valence-electron chi connectivity index (χ0n) is 11.0. The smallest absolute Gasteiger partial charge is 0.210 e. The zero-order valence-corrected chi connectivity index (χ0v) is 11.8. The van der Waals surface area contributed by atoms with Crippen molar-refractivity contribution < 1.29 is 14.3 Å². The van der Waals surface area contributed by atoms with Gasteiger partial charge in [0.1, 0.15) is 0 Å². The van der Waals surface area contributed by atoms with E-state index in [1.165, 1.54) is 16.2 Å². The van der Waals surface area contributed by atoms with Crippen LogP contribution in [0, 0.1) is 0 Å². The maximum absolute atomic E-state index is 12.0. The summed E-state index contributed by atoms with van der Waals surface area (Å²) in [5.74, 6) is 1.22. The van der Waals surface area contributed by atoms with Crippen LogP contribution in [-0.2, 0) is 6.42 Å². The van der Waals surface area contributed by atoms with Gasteiger partial charge in [0.25, 0.3) is 0 Å². The standard InChI is InChI=1S/C15H16O3S/c1-3-11-8-9-15(19-11)12(16)10-18-14-7-5-4-6-13(14)17-2/h4-9H,3,10H2,1-2H3. The normalized spacial score (nSPS) is 10.2. The van der Waals surface area contributed by atoms with Crippen LogP contribution in [0.15, 0.2) is 36.4 Å². The van der Waals surface area contributed by atoms with Crippen LogP contribution in [0.2, 0.25) is 0 Å². The maximum Gasteiger partial charge on any atom is 0.210 e. The van der Waals surface area contributed by atoms with Gasteiger partial charge < -0.3 is 9.47 Å². The van der Waals surface area contributed by atoms with Crippen molar-refractivity contribution in [1.82, 2.24) is 0 Å². The Morgan fingerprint density at radius 2 is 1.89 bits per heavy atom. The molecule has 0 aliphatic heterocycles. The average molecular weight is 276 g/mol. The first-order chi connectivity index (χ1) is 9.24. The van der Waals surface area contributed by atoms with Crippen molar-refractivity contribution in [2.45, 2.75) is 13.3 Å². The number of ketones is 1. The number of methoxy groups -OCH3 is 1. The molecule has 0 unspecified atom stereocenters. The molecule has 1 aromatic heterocycles. The molecule has 0 radical (unpaired) electrons. The molecule has 2 aromatic rings. The van der Waals surface area contributed by atoms with Gasteiger partial charge in [-0.05, 0) is 30.7 Å². The molecule has 1 aromatic carbocycles. The monoisotopic (exact) mass is 276 g/mol. The van der Waals surface area contributed by atoms with Gasteiger partial charge in [0, 0.05) is 4.88 Å². The quantitative estimate of drug-likeness (QED) is 0.756. The van der Waals surface area contributed by atoms with Crippen LogP contribution in [0.25, 0.3) is 0 Å². The Morgan fingerprint density at radius 3 is 2.53 bits per heavy atom. The lowest BCUT2D eigenvalue weighted by Gasteiger charge is -2.08. The molecular weight excluding hydrogens is 260 g/mol. The molecule has 0 amide bonds. The average Bonchev–Trinajstić information content (AvgIpc) is 2.94. The molecule has 0 fully saturated rings. The van der Waals surface area contributed by atoms with E-state index in [1.807, 2.05) is 24.3 Å². The highest BCUT2D eigenvalue weighted by Gasteiger charge is 2.11. The molecule has 1 heterocycles. The van der Waals surface area contributed by atoms with Crippen molar-refractivity contribution in [3.63, 3.8) is 0 Å². The van der Waals surface area contributed by atoms with Crippen LogP contribution < -0.4 is 9.47 Å². The number of benzene rings is 1. The number of carbonyl (C=O) groups is 1. The summed E-state index contributed by atoms with van der Waals surface area (Å²) in [6.45, 7) is 2.11. The minimum absolute atomic E-state index is 0.00407. The van der Waals surface area contributed by atoms with Gasteiger partial charge in [-0.3, -0.25) is 4.79 Å². The fourth-order valence-electron chi connectivity index (χ4n) is 1.67. The molecule has 0 saturated carbocycles. The molecule has 0 spiro atoms. The van der Waals surface area contributed by atoms with Gasteiger partial charge in [-0.1, -0.05) is 19.1 Å². The highest BCUT2D eigenvalue weighted by molar-refractivity contribution is 7.14. The van der Waals surface area contributed by atoms with Crippen molar-refractivity contribution in [3.05, 3.63) is 46.2 Å². The van der Waals surface area contributed by atoms with Gasteiger partial charge in [0.2, 0.25) is 5.78 Å². The van der Waals surface area contributed by atoms with Gasteiger partial charge in [0.05, 0.1) is 12.0 Å². The van der Waals surface area contributed by atoms with E-state index in [4.69, 9.17) is 9.47 Å². The maximum atomic E-state index is 12.0. The van der Waals surface area contributed by atoms with Crippen molar-refractivity contribution >= 4 is 17.1 Å². The molecule has 100 valence electrons. The number of thiophene rings is 1. The van der Waals surface area contributed by atoms with E-state index in [2.05, 4.69) is 6.92 Å². The third kappa shape index (κ3) is 3.35. The second kappa shape index (κ2) is 6.38. The van der Waals surface area contributed by atoms with Crippen molar-refractivity contribution in [3.8, 4) is 11.5 Å². The molecule has 3 nitrogen and oxygen atoms in total. The van der Waals surface area contributed by atoms with Gasteiger partial charge in [-0.25, -0.2) is 0 Å². The van der Waals surface area contributed by atoms with E-state index in [0.717, 1.165) is 11.3 Å². The number of ether oxygens (including phenoxy) is 2. The second-order valence-corrected chi connectivity index (χ2v) is 5.15. The number of rotatable bonds is 6. The summed E-state index contributed by atoms with van der Waals surface area (Å²) in [4.78, 5) is 13.9. The lowest BCUT2D eigenvalue weighted by molar-refractivity contribution is 0.0923. The lowest BCUT2D eigenvalue weighted by atomic mass is 10.3. The third-order valence-electron chi connectivity index (χ3n) is 2.71. The number of Topliss-reactive ketones (excluding diaryl/α,β-unsaturated/α-hetero) is 1. The summed E-state index contributed by atoms with van der Waals surface area (Å²) >= 11 is 1.53. The number of hydrogen-bond acceptors (Lipinski definition) is 4. The first-order valence-corrected chi connectivity index (χ1v) is 6.94. The van der Waals surface area contributed by atoms with Gasteiger partial charge >= 0.3 is 0 Å². The Labute approximate surface area is 116 Å². The molecular formula is C15H16O3S. The predicted octanol–water partition coefficient (Wildman–Crippen LogP) is 3.58. The van der Waals surface area contributed by atoms with E-state index in [0.29, 0.717) is 11.5 Å². The van der Waals surface area contributed by atoms with Crippen LogP contribution in [0.4, 0.5) is 0 Å². The number of hydrogen-bond donors (Lipinski definition) is 0. The molecule has 19 heavy (non-hydrogen) atoms. The summed E-state index contributed by atoms with van der Waals surface area (Å²) in [5, 5.41) is 0. The van der Waals surface area contributed by atoms with E-state index < -0.39 is 0 Å². The number of aryl methyl sites for hydroxylation is 1. The summed E-state index contributed by atoms with van der Waals surface area (Å²) in [6, 6.07) is 11.2. The van der Waals surface area contributed by atoms with E-state index in [-0.39, 0.29) is 12.4 Å². The van der Waals surface area contributed by atoms with Crippen molar-refractivity contribution in [1.29, 1.82) is 0 Å². The fraction of sp³-hybridized carbons (Fsp3) is 0.267. The van der Waals surface area contributed by atoms with Gasteiger partial charge in [-0.2, -0.15) is 0 Å². The molecule has 0 saturated heterocycles. The second-order valence-electron chi connectivity index (χ2n) is 3.98. The first-order valence-electron chi connectivity index (χ1n) is 6.12. The fourth-order valence-corrected chi connectivity index (χ4v) is 2.54. The predicted molar refractivity (Wildman–Crippen MR) is 76.5 cm³/mol. The molecule has 0 N–H and O–H groups in total. The van der Waals surface area contributed by atoms with Crippen LogP contribution in [0.3, 0.4) is 0 Å². The van der Waals surface area contributed by atoms with Crippen molar-refractivity contribution in [2.75, 3.05) is 13.7 Å². The molecule has 0 aliphatic carbocycles. The first kappa shape index (κ1) is 13.6. The summed E-state index contributed by atoms with van der Waals surface area (Å²) in [6.07, 6.45) is 0.950. The highest BCUT2D eigenvalue weighted by Crippen LogP contribution is 2.26. The number of carbonyl (C=O) groups excluding carboxylic acids is 1. The molecule has 0 aliphatic rings. The minimum atomic E-state index is -0.00407. The minimum Gasteiger partial charge on any atom is -0.493 e. The van der Waals surface area contributed by atoms with E-state index in [9.17, 15) is 4.79 Å². The van der Waals surface area contributed by atoms with Gasteiger partial charge in [0.15, 0.2) is 18.1 Å². The Morgan fingerprint density at radius 1 is 1.16 bits per heavy atom. The highest BCUT2D eigenvalue weighted by atomic mass is 32.1. The molecule has 0 atom stereocenters.